The van der Waals surface area contributed by atoms with Crippen molar-refractivity contribution in [3.05, 3.63) is 79.8 Å². The number of anilines is 2. The van der Waals surface area contributed by atoms with Crippen molar-refractivity contribution >= 4 is 68.8 Å². The Balaban J connectivity index is 0.000000602. The number of aromatic carboxylic acids is 6. The van der Waals surface area contributed by atoms with Crippen LogP contribution in [0.4, 0.5) is 10.3 Å². The van der Waals surface area contributed by atoms with Gasteiger partial charge in [0.25, 0.3) is 0 Å². The minimum atomic E-state index is -1.37. The molecule has 0 aliphatic carbocycles. The van der Waals surface area contributed by atoms with Gasteiger partial charge in [-0.3, -0.25) is 0 Å². The molecule has 0 unspecified atom stereocenters. The topological polar surface area (TPSA) is 327 Å². The number of nitrogens with two attached hydrogens (primary N) is 2. The van der Waals surface area contributed by atoms with E-state index in [2.05, 4.69) is 20.4 Å². The zero-order valence-corrected chi connectivity index (χ0v) is 25.2. The first kappa shape index (κ1) is 39.5. The molecule has 0 saturated carbocycles. The van der Waals surface area contributed by atoms with Crippen molar-refractivity contribution in [1.82, 2.24) is 20.4 Å². The molecule has 45 heavy (non-hydrogen) atoms. The number of aromatic nitrogens is 4. The third-order valence-electron chi connectivity index (χ3n) is 4.43. The molecule has 2 heterocycles. The summed E-state index contributed by atoms with van der Waals surface area (Å²) in [6, 6.07) is 5.40. The van der Waals surface area contributed by atoms with Crippen molar-refractivity contribution in [2.75, 3.05) is 11.5 Å². The fraction of sp³-hybridized carbons (Fsp3) is 0.0833. The number of hydrogen-bond acceptors (Lipinski definition) is 14. The number of carboxylic acid groups (broad SMARTS) is 6. The van der Waals surface area contributed by atoms with Crippen molar-refractivity contribution in [1.29, 1.82) is 0 Å². The van der Waals surface area contributed by atoms with Crippen LogP contribution in [-0.2, 0) is 17.1 Å². The molecule has 21 heteroatoms. The van der Waals surface area contributed by atoms with Crippen LogP contribution < -0.4 is 11.5 Å². The van der Waals surface area contributed by atoms with Gasteiger partial charge in [-0.15, -0.1) is 20.4 Å². The first-order chi connectivity index (χ1) is 20.4. The van der Waals surface area contributed by atoms with Crippen LogP contribution in [0.2, 0.25) is 0 Å². The van der Waals surface area contributed by atoms with Crippen LogP contribution >= 0.6 is 22.7 Å². The Bertz CT molecular complexity index is 1390. The predicted octanol–water partition coefficient (Wildman–Crippen LogP) is 2.42. The molecule has 0 aliphatic heterocycles. The first-order valence-electron chi connectivity index (χ1n) is 11.2. The number of rotatable bonds is 6. The maximum absolute atomic E-state index is 10.6. The summed E-state index contributed by atoms with van der Waals surface area (Å²) in [6.45, 7) is 3.74. The van der Waals surface area contributed by atoms with Gasteiger partial charge in [-0.2, -0.15) is 0 Å². The average Bonchev–Trinajstić information content (AvgIpc) is 3.53. The number of benzene rings is 2. The smallest absolute Gasteiger partial charge is 0.335 e. The van der Waals surface area contributed by atoms with Gasteiger partial charge in [-0.05, 0) is 50.2 Å². The summed E-state index contributed by atoms with van der Waals surface area (Å²) >= 11 is 2.80. The zero-order valence-electron chi connectivity index (χ0n) is 22.7. The average molecular weight is 714 g/mol. The van der Waals surface area contributed by atoms with Crippen LogP contribution in [0, 0.1) is 13.8 Å². The largest absolute Gasteiger partial charge is 0.478 e. The summed E-state index contributed by atoms with van der Waals surface area (Å²) in [6.07, 6.45) is 0. The summed E-state index contributed by atoms with van der Waals surface area (Å²) in [5.41, 5.74) is 8.24. The van der Waals surface area contributed by atoms with Crippen LogP contribution in [0.3, 0.4) is 0 Å². The van der Waals surface area contributed by atoms with Gasteiger partial charge in [0.2, 0.25) is 10.3 Å². The second-order valence-corrected chi connectivity index (χ2v) is 10.2. The fourth-order valence-corrected chi connectivity index (χ4v) is 3.55. The van der Waals surface area contributed by atoms with Gasteiger partial charge < -0.3 is 42.1 Å². The molecule has 243 valence electrons. The van der Waals surface area contributed by atoms with Crippen molar-refractivity contribution < 1.29 is 76.5 Å². The maximum atomic E-state index is 10.6. The van der Waals surface area contributed by atoms with Gasteiger partial charge in [0.05, 0.1) is 33.4 Å². The number of carbonyl (C=O) groups is 6. The molecule has 1 radical (unpaired) electrons. The fourth-order valence-electron chi connectivity index (χ4n) is 2.62. The molecule has 2 aromatic carbocycles. The molecule has 0 spiro atoms. The Hall–Kier alpha value is -5.50. The van der Waals surface area contributed by atoms with E-state index < -0.39 is 35.8 Å². The standard InChI is InChI=1S/2C9H6O6.2C3H5N3S.Cu/c2*10-7(11)4-1-5(8(12)13)3-6(2-4)9(14)15;2*1-2-5-6-3(4)7-2;/h2*1-3H,(H,10,11)(H,12,13)(H,14,15);2*1H3,(H2,4,6);. The van der Waals surface area contributed by atoms with Gasteiger partial charge in [0.15, 0.2) is 0 Å². The van der Waals surface area contributed by atoms with Gasteiger partial charge in [0.1, 0.15) is 10.0 Å². The molecule has 0 bridgehead atoms. The first-order valence-corrected chi connectivity index (χ1v) is 12.9. The van der Waals surface area contributed by atoms with Gasteiger partial charge >= 0.3 is 35.8 Å². The second kappa shape index (κ2) is 18.2. The molecule has 0 atom stereocenters. The number of aryl methyl sites for hydroxylation is 2. The van der Waals surface area contributed by atoms with Crippen molar-refractivity contribution in [3.63, 3.8) is 0 Å². The van der Waals surface area contributed by atoms with E-state index in [1.807, 2.05) is 13.8 Å². The van der Waals surface area contributed by atoms with Crippen LogP contribution in [0.5, 0.6) is 0 Å². The molecule has 0 fully saturated rings. The van der Waals surface area contributed by atoms with Gasteiger partial charge in [-0.1, -0.05) is 22.7 Å². The molecular formula is C24H22CuN6O12S2. The Kier molecular flexibility index (Phi) is 16.0. The second-order valence-electron chi connectivity index (χ2n) is 7.75. The maximum Gasteiger partial charge on any atom is 0.335 e. The Labute approximate surface area is 270 Å². The summed E-state index contributed by atoms with van der Waals surface area (Å²) in [7, 11) is 0. The third-order valence-corrected chi connectivity index (χ3v) is 5.77. The van der Waals surface area contributed by atoms with Crippen LogP contribution in [-0.4, -0.2) is 86.8 Å². The van der Waals surface area contributed by atoms with E-state index in [1.54, 1.807) is 0 Å². The molecule has 4 rings (SSSR count). The monoisotopic (exact) mass is 713 g/mol. The van der Waals surface area contributed by atoms with E-state index in [4.69, 9.17) is 42.1 Å². The summed E-state index contributed by atoms with van der Waals surface area (Å²) in [5, 5.41) is 69.0. The van der Waals surface area contributed by atoms with Crippen molar-refractivity contribution in [2.24, 2.45) is 0 Å². The van der Waals surface area contributed by atoms with Crippen LogP contribution in [0.1, 0.15) is 72.2 Å². The van der Waals surface area contributed by atoms with E-state index in [1.165, 1.54) is 22.7 Å². The Morgan fingerprint density at radius 2 is 0.644 bits per heavy atom. The van der Waals surface area contributed by atoms with Crippen molar-refractivity contribution in [2.45, 2.75) is 13.8 Å². The van der Waals surface area contributed by atoms with Crippen molar-refractivity contribution in [3.8, 4) is 0 Å². The summed E-state index contributed by atoms with van der Waals surface area (Å²) in [4.78, 5) is 63.4. The summed E-state index contributed by atoms with van der Waals surface area (Å²) < 4.78 is 0. The number of nitrogen functional groups attached to an aromatic ring is 2. The van der Waals surface area contributed by atoms with E-state index in [9.17, 15) is 28.8 Å². The molecule has 0 amide bonds. The molecular weight excluding hydrogens is 692 g/mol. The predicted molar refractivity (Wildman–Crippen MR) is 153 cm³/mol. The molecule has 0 aliphatic rings. The minimum absolute atomic E-state index is 0. The number of carboxylic acids is 6. The van der Waals surface area contributed by atoms with Crippen LogP contribution in [0.15, 0.2) is 36.4 Å². The van der Waals surface area contributed by atoms with E-state index in [-0.39, 0.29) is 50.4 Å². The normalized spacial score (nSPS) is 9.29. The van der Waals surface area contributed by atoms with E-state index >= 15 is 0 Å². The quantitative estimate of drug-likeness (QED) is 0.133. The number of nitrogens with zero attached hydrogens (tertiary/aromatic N) is 4. The van der Waals surface area contributed by atoms with E-state index in [0.29, 0.717) is 10.3 Å². The Morgan fingerprint density at radius 1 is 0.467 bits per heavy atom. The third kappa shape index (κ3) is 14.0. The number of hydrogen-bond donors (Lipinski definition) is 8. The minimum Gasteiger partial charge on any atom is -0.478 e. The van der Waals surface area contributed by atoms with Gasteiger partial charge in [-0.25, -0.2) is 28.8 Å². The molecule has 10 N–H and O–H groups in total. The molecule has 0 saturated heterocycles. The van der Waals surface area contributed by atoms with E-state index in [0.717, 1.165) is 46.4 Å². The molecule has 18 nitrogen and oxygen atoms in total. The van der Waals surface area contributed by atoms with Crippen LogP contribution in [0.25, 0.3) is 0 Å². The summed E-state index contributed by atoms with van der Waals surface area (Å²) in [5.74, 6) is -8.25. The molecule has 2 aromatic heterocycles. The zero-order chi connectivity index (χ0) is 33.7. The van der Waals surface area contributed by atoms with Gasteiger partial charge in [0, 0.05) is 17.1 Å². The molecule has 4 aromatic rings. The Morgan fingerprint density at radius 3 is 0.711 bits per heavy atom. The SMILES string of the molecule is Cc1nnc(N)s1.Cc1nnc(N)s1.O=C(O)c1cc(C(=O)O)cc(C(=O)O)c1.O=C(O)c1cc(C(=O)O)cc(C(=O)O)c1.[Cu].